The second kappa shape index (κ2) is 7.39. The van der Waals surface area contributed by atoms with E-state index < -0.39 is 0 Å². The topological polar surface area (TPSA) is 62.1 Å². The van der Waals surface area contributed by atoms with Crippen molar-refractivity contribution in [2.45, 2.75) is 13.0 Å². The molecule has 0 amide bonds. The van der Waals surface area contributed by atoms with E-state index in [0.717, 1.165) is 26.8 Å². The van der Waals surface area contributed by atoms with Crippen molar-refractivity contribution in [2.24, 2.45) is 0 Å². The number of hydrogen-bond donors (Lipinski definition) is 1. The van der Waals surface area contributed by atoms with Crippen molar-refractivity contribution < 1.29 is 5.11 Å². The molecule has 1 fully saturated rings. The molecule has 1 aliphatic rings. The number of thiazole rings is 1. The molecular formula is C23H20N4OS. The van der Waals surface area contributed by atoms with Crippen LogP contribution >= 0.6 is 11.3 Å². The first-order chi connectivity index (χ1) is 14.2. The quantitative estimate of drug-likeness (QED) is 0.549. The molecule has 5 nitrogen and oxygen atoms in total. The molecule has 0 aliphatic carbocycles. The van der Waals surface area contributed by atoms with Gasteiger partial charge in [0, 0.05) is 24.8 Å². The average Bonchev–Trinajstić information content (AvgIpc) is 3.14. The summed E-state index contributed by atoms with van der Waals surface area (Å²) in [6.07, 6.45) is 1.49. The molecule has 2 aromatic heterocycles. The van der Waals surface area contributed by atoms with Gasteiger partial charge in [-0.05, 0) is 24.1 Å². The fourth-order valence-electron chi connectivity index (χ4n) is 3.44. The normalized spacial score (nSPS) is 14.1. The molecule has 144 valence electrons. The molecule has 0 bridgehead atoms. The van der Waals surface area contributed by atoms with Crippen LogP contribution in [0.25, 0.3) is 32.3 Å². The van der Waals surface area contributed by atoms with Crippen molar-refractivity contribution in [3.8, 4) is 32.3 Å². The lowest BCUT2D eigenvalue weighted by Crippen LogP contribution is -2.51. The Hall–Kier alpha value is -3.09. The lowest BCUT2D eigenvalue weighted by Gasteiger charge is -2.35. The number of aliphatic hydroxyl groups is 1. The number of rotatable bonds is 4. The number of nitrogens with zero attached hydrogens (tertiary/aromatic N) is 4. The lowest BCUT2D eigenvalue weighted by atomic mass is 10.0. The highest BCUT2D eigenvalue weighted by Gasteiger charge is 2.27. The molecule has 1 N–H and O–H groups in total. The minimum atomic E-state index is -0.280. The molecule has 0 spiro atoms. The van der Waals surface area contributed by atoms with Gasteiger partial charge in [-0.15, -0.1) is 11.3 Å². The van der Waals surface area contributed by atoms with Crippen LogP contribution in [0.1, 0.15) is 5.69 Å². The fourth-order valence-corrected chi connectivity index (χ4v) is 4.48. The van der Waals surface area contributed by atoms with Gasteiger partial charge in [-0.3, -0.25) is 0 Å². The highest BCUT2D eigenvalue weighted by atomic mass is 32.1. The predicted molar refractivity (Wildman–Crippen MR) is 117 cm³/mol. The molecule has 4 aromatic rings. The van der Waals surface area contributed by atoms with E-state index in [1.54, 1.807) is 17.5 Å². The maximum absolute atomic E-state index is 9.53. The van der Waals surface area contributed by atoms with E-state index in [9.17, 15) is 5.11 Å². The number of aromatic nitrogens is 3. The molecule has 5 rings (SSSR count). The lowest BCUT2D eigenvalue weighted by molar-refractivity contribution is 0.140. The van der Waals surface area contributed by atoms with Gasteiger partial charge in [0.15, 0.2) is 0 Å². The monoisotopic (exact) mass is 400 g/mol. The summed E-state index contributed by atoms with van der Waals surface area (Å²) in [7, 11) is 0. The summed E-state index contributed by atoms with van der Waals surface area (Å²) >= 11 is 1.64. The van der Waals surface area contributed by atoms with E-state index in [4.69, 9.17) is 9.97 Å². The summed E-state index contributed by atoms with van der Waals surface area (Å²) in [5.41, 5.74) is 5.34. The summed E-state index contributed by atoms with van der Waals surface area (Å²) in [4.78, 5) is 16.9. The van der Waals surface area contributed by atoms with Crippen LogP contribution in [0.4, 0.5) is 5.95 Å². The predicted octanol–water partition coefficient (Wildman–Crippen LogP) is 4.42. The molecule has 29 heavy (non-hydrogen) atoms. The second-order valence-corrected chi connectivity index (χ2v) is 8.18. The maximum Gasteiger partial charge on any atom is 0.226 e. The number of aryl methyl sites for hydroxylation is 1. The van der Waals surface area contributed by atoms with Crippen molar-refractivity contribution in [1.29, 1.82) is 0 Å². The largest absolute Gasteiger partial charge is 0.389 e. The van der Waals surface area contributed by atoms with Gasteiger partial charge < -0.3 is 10.0 Å². The third-order valence-electron chi connectivity index (χ3n) is 5.06. The summed E-state index contributed by atoms with van der Waals surface area (Å²) in [6.45, 7) is 3.19. The van der Waals surface area contributed by atoms with Gasteiger partial charge in [-0.1, -0.05) is 54.6 Å². The molecule has 6 heteroatoms. The van der Waals surface area contributed by atoms with Crippen molar-refractivity contribution in [3.05, 3.63) is 72.6 Å². The molecule has 1 saturated heterocycles. The van der Waals surface area contributed by atoms with E-state index in [-0.39, 0.29) is 6.10 Å². The van der Waals surface area contributed by atoms with Gasteiger partial charge in [0.1, 0.15) is 5.01 Å². The Balaban J connectivity index is 1.43. The number of benzene rings is 2. The molecule has 0 unspecified atom stereocenters. The van der Waals surface area contributed by atoms with Crippen molar-refractivity contribution >= 4 is 17.3 Å². The van der Waals surface area contributed by atoms with Crippen LogP contribution in [0.3, 0.4) is 0 Å². The van der Waals surface area contributed by atoms with Gasteiger partial charge in [0.05, 0.1) is 22.4 Å². The summed E-state index contributed by atoms with van der Waals surface area (Å²) in [6, 6.07) is 20.8. The Kier molecular flexibility index (Phi) is 4.58. The van der Waals surface area contributed by atoms with Gasteiger partial charge in [0.25, 0.3) is 0 Å². The number of aliphatic hydroxyl groups excluding tert-OH is 1. The van der Waals surface area contributed by atoms with Crippen LogP contribution in [0.15, 0.2) is 66.9 Å². The van der Waals surface area contributed by atoms with Gasteiger partial charge >= 0.3 is 0 Å². The molecule has 0 saturated carbocycles. The second-order valence-electron chi connectivity index (χ2n) is 7.18. The van der Waals surface area contributed by atoms with Gasteiger partial charge in [-0.2, -0.15) is 0 Å². The van der Waals surface area contributed by atoms with E-state index in [1.165, 1.54) is 11.1 Å². The molecule has 3 heterocycles. The standard InChI is InChI=1S/C23H20N4OS/c1-15-21(20-11-12-24-23(26-20)27-13-19(28)14-27)29-22(25-15)18-9-7-17(8-10-18)16-5-3-2-4-6-16/h2-12,19,28H,13-14H2,1H3. The first-order valence-corrected chi connectivity index (χ1v) is 10.4. The Morgan fingerprint density at radius 1 is 0.897 bits per heavy atom. The number of β-amino-alcohol motifs (C(OH)–C–C–N with tert-alkyl or cyclic N) is 1. The van der Waals surface area contributed by atoms with Crippen LogP contribution < -0.4 is 4.90 Å². The third kappa shape index (κ3) is 3.52. The average molecular weight is 401 g/mol. The Bertz CT molecular complexity index is 1140. The summed E-state index contributed by atoms with van der Waals surface area (Å²) < 4.78 is 0. The van der Waals surface area contributed by atoms with Crippen LogP contribution in [-0.2, 0) is 0 Å². The van der Waals surface area contributed by atoms with Crippen LogP contribution in [0, 0.1) is 6.92 Å². The Labute approximate surface area is 173 Å². The maximum atomic E-state index is 9.53. The number of hydrogen-bond acceptors (Lipinski definition) is 6. The van der Waals surface area contributed by atoms with E-state index in [1.807, 2.05) is 24.0 Å². The Morgan fingerprint density at radius 3 is 2.31 bits per heavy atom. The van der Waals surface area contributed by atoms with Crippen molar-refractivity contribution in [3.63, 3.8) is 0 Å². The summed E-state index contributed by atoms with van der Waals surface area (Å²) in [5, 5.41) is 10.5. The van der Waals surface area contributed by atoms with E-state index >= 15 is 0 Å². The minimum Gasteiger partial charge on any atom is -0.389 e. The van der Waals surface area contributed by atoms with E-state index in [2.05, 4.69) is 53.5 Å². The van der Waals surface area contributed by atoms with Gasteiger partial charge in [-0.25, -0.2) is 15.0 Å². The Morgan fingerprint density at radius 2 is 1.59 bits per heavy atom. The SMILES string of the molecule is Cc1nc(-c2ccc(-c3ccccc3)cc2)sc1-c1ccnc(N2CC(O)C2)n1. The zero-order valence-corrected chi connectivity index (χ0v) is 16.8. The van der Waals surface area contributed by atoms with E-state index in [0.29, 0.717) is 19.0 Å². The van der Waals surface area contributed by atoms with Crippen LogP contribution in [0.5, 0.6) is 0 Å². The highest BCUT2D eigenvalue weighted by Crippen LogP contribution is 2.35. The van der Waals surface area contributed by atoms with Crippen molar-refractivity contribution in [2.75, 3.05) is 18.0 Å². The molecule has 1 aliphatic heterocycles. The first-order valence-electron chi connectivity index (χ1n) is 9.57. The number of anilines is 1. The zero-order chi connectivity index (χ0) is 19.8. The minimum absolute atomic E-state index is 0.280. The summed E-state index contributed by atoms with van der Waals surface area (Å²) in [5.74, 6) is 0.661. The van der Waals surface area contributed by atoms with Crippen LogP contribution in [0.2, 0.25) is 0 Å². The molecule has 0 atom stereocenters. The first kappa shape index (κ1) is 18.0. The molecular weight excluding hydrogens is 380 g/mol. The highest BCUT2D eigenvalue weighted by molar-refractivity contribution is 7.18. The van der Waals surface area contributed by atoms with Crippen molar-refractivity contribution in [1.82, 2.24) is 15.0 Å². The molecule has 2 aromatic carbocycles. The fraction of sp³-hybridized carbons (Fsp3) is 0.174. The molecule has 0 radical (unpaired) electrons. The third-order valence-corrected chi connectivity index (χ3v) is 6.29. The zero-order valence-electron chi connectivity index (χ0n) is 16.0. The van der Waals surface area contributed by atoms with Gasteiger partial charge in [0.2, 0.25) is 5.95 Å². The van der Waals surface area contributed by atoms with Crippen LogP contribution in [-0.4, -0.2) is 39.3 Å². The smallest absolute Gasteiger partial charge is 0.226 e.